The molecule has 0 unspecified atom stereocenters. The molecule has 186 valence electrons. The summed E-state index contributed by atoms with van der Waals surface area (Å²) >= 11 is 0. The zero-order valence-electron chi connectivity index (χ0n) is 21.6. The number of fused-ring (bicyclic) bond motifs is 12. The summed E-state index contributed by atoms with van der Waals surface area (Å²) in [5.41, 5.74) is 9.63. The average Bonchev–Trinajstić information content (AvgIpc) is 3.58. The Morgan fingerprint density at radius 1 is 0.425 bits per heavy atom. The van der Waals surface area contributed by atoms with E-state index in [0.29, 0.717) is 0 Å². The first kappa shape index (κ1) is 21.5. The van der Waals surface area contributed by atoms with Gasteiger partial charge in [-0.2, -0.15) is 0 Å². The summed E-state index contributed by atoms with van der Waals surface area (Å²) in [5.74, 6) is 0. The second-order valence-corrected chi connectivity index (χ2v) is 10.5. The molecule has 0 aliphatic heterocycles. The molecule has 40 heavy (non-hydrogen) atoms. The van der Waals surface area contributed by atoms with Crippen molar-refractivity contribution in [3.63, 3.8) is 0 Å². The lowest BCUT2D eigenvalue weighted by molar-refractivity contribution is 1.18. The quantitative estimate of drug-likeness (QED) is 0.213. The molecule has 0 aliphatic carbocycles. The molecule has 0 saturated heterocycles. The fourth-order valence-electron chi connectivity index (χ4n) is 6.69. The molecule has 3 heteroatoms. The van der Waals surface area contributed by atoms with Crippen molar-refractivity contribution in [3.8, 4) is 16.8 Å². The number of hydrogen-bond donors (Lipinski definition) is 0. The summed E-state index contributed by atoms with van der Waals surface area (Å²) < 4.78 is 4.87. The first-order chi connectivity index (χ1) is 19.9. The molecule has 0 amide bonds. The largest absolute Gasteiger partial charge is 0.309 e. The highest BCUT2D eigenvalue weighted by atomic mass is 15.0. The van der Waals surface area contributed by atoms with Gasteiger partial charge in [-0.15, -0.1) is 0 Å². The molecule has 9 rings (SSSR count). The number of pyridine rings is 2. The Balaban J connectivity index is 1.49. The molecule has 0 bridgehead atoms. The summed E-state index contributed by atoms with van der Waals surface area (Å²) in [4.78, 5) is 4.21. The summed E-state index contributed by atoms with van der Waals surface area (Å²) in [6.45, 7) is 0. The predicted molar refractivity (Wildman–Crippen MR) is 167 cm³/mol. The van der Waals surface area contributed by atoms with E-state index in [1.54, 1.807) is 0 Å². The predicted octanol–water partition coefficient (Wildman–Crippen LogP) is 9.56. The maximum atomic E-state index is 4.21. The van der Waals surface area contributed by atoms with Crippen LogP contribution >= 0.6 is 0 Å². The molecule has 0 aliphatic rings. The highest BCUT2D eigenvalue weighted by molar-refractivity contribution is 6.30. The Hall–Kier alpha value is -5.41. The fraction of sp³-hybridized carbons (Fsp3) is 0. The Bertz CT molecular complexity index is 2430. The minimum atomic E-state index is 1.15. The first-order valence-electron chi connectivity index (χ1n) is 13.6. The number of nitrogens with zero attached hydrogens (tertiary/aromatic N) is 3. The summed E-state index contributed by atoms with van der Waals surface area (Å²) in [5, 5.41) is 7.66. The number of hydrogen-bond acceptors (Lipinski definition) is 1. The van der Waals surface area contributed by atoms with Gasteiger partial charge in [0, 0.05) is 45.0 Å². The van der Waals surface area contributed by atoms with Gasteiger partial charge in [0.1, 0.15) is 0 Å². The second kappa shape index (κ2) is 8.05. The van der Waals surface area contributed by atoms with E-state index < -0.39 is 0 Å². The van der Waals surface area contributed by atoms with Gasteiger partial charge >= 0.3 is 0 Å². The van der Waals surface area contributed by atoms with E-state index in [1.807, 2.05) is 12.4 Å². The van der Waals surface area contributed by atoms with Crippen LogP contribution in [0.2, 0.25) is 0 Å². The summed E-state index contributed by atoms with van der Waals surface area (Å²) in [6, 6.07) is 46.3. The average molecular weight is 510 g/mol. The van der Waals surface area contributed by atoms with E-state index in [4.69, 9.17) is 0 Å². The number of para-hydroxylation sites is 3. The normalized spacial score (nSPS) is 12.0. The van der Waals surface area contributed by atoms with Crippen molar-refractivity contribution in [2.45, 2.75) is 0 Å². The standard InChI is InChI=1S/C37H23N3/c1-4-13-31-26(8-1)23-35-36-29(28-11-2-5-14-32(28)40(31)35)16-17-34-37(36)30-12-3-6-15-33(30)39(34)27-10-7-9-25(22-27)24-18-20-38-21-19-24/h1-23H. The van der Waals surface area contributed by atoms with Crippen LogP contribution in [-0.2, 0) is 0 Å². The van der Waals surface area contributed by atoms with Crippen LogP contribution in [0.1, 0.15) is 0 Å². The van der Waals surface area contributed by atoms with Crippen molar-refractivity contribution in [1.82, 2.24) is 14.0 Å². The molecular weight excluding hydrogens is 486 g/mol. The maximum absolute atomic E-state index is 4.21. The second-order valence-electron chi connectivity index (χ2n) is 10.5. The van der Waals surface area contributed by atoms with Gasteiger partial charge in [-0.1, -0.05) is 72.8 Å². The Morgan fingerprint density at radius 3 is 2.02 bits per heavy atom. The molecule has 0 N–H and O–H groups in total. The van der Waals surface area contributed by atoms with Crippen LogP contribution in [-0.4, -0.2) is 14.0 Å². The van der Waals surface area contributed by atoms with Gasteiger partial charge in [0.25, 0.3) is 0 Å². The molecule has 5 aromatic carbocycles. The summed E-state index contributed by atoms with van der Waals surface area (Å²) in [7, 11) is 0. The van der Waals surface area contributed by atoms with Crippen LogP contribution in [0.15, 0.2) is 140 Å². The smallest absolute Gasteiger partial charge is 0.0554 e. The molecule has 4 aromatic heterocycles. The van der Waals surface area contributed by atoms with Crippen molar-refractivity contribution in [2.24, 2.45) is 0 Å². The number of rotatable bonds is 2. The number of aromatic nitrogens is 3. The van der Waals surface area contributed by atoms with Crippen LogP contribution < -0.4 is 0 Å². The van der Waals surface area contributed by atoms with E-state index in [-0.39, 0.29) is 0 Å². The molecular formula is C37H23N3. The highest BCUT2D eigenvalue weighted by Crippen LogP contribution is 2.42. The van der Waals surface area contributed by atoms with Gasteiger partial charge in [-0.3, -0.25) is 4.98 Å². The highest BCUT2D eigenvalue weighted by Gasteiger charge is 2.19. The van der Waals surface area contributed by atoms with Crippen LogP contribution in [0, 0.1) is 0 Å². The van der Waals surface area contributed by atoms with Crippen molar-refractivity contribution in [2.75, 3.05) is 0 Å². The fourth-order valence-corrected chi connectivity index (χ4v) is 6.69. The van der Waals surface area contributed by atoms with Gasteiger partial charge in [-0.25, -0.2) is 0 Å². The van der Waals surface area contributed by atoms with E-state index in [9.17, 15) is 0 Å². The van der Waals surface area contributed by atoms with Crippen molar-refractivity contribution < 1.29 is 0 Å². The Morgan fingerprint density at radius 2 is 1.15 bits per heavy atom. The van der Waals surface area contributed by atoms with Crippen LogP contribution in [0.25, 0.3) is 76.7 Å². The minimum absolute atomic E-state index is 1.15. The van der Waals surface area contributed by atoms with Gasteiger partial charge in [0.15, 0.2) is 0 Å². The lowest BCUT2D eigenvalue weighted by atomic mass is 10.00. The molecule has 4 heterocycles. The Labute approximate surface area is 230 Å². The van der Waals surface area contributed by atoms with Crippen molar-refractivity contribution in [1.29, 1.82) is 0 Å². The molecule has 0 spiro atoms. The first-order valence-corrected chi connectivity index (χ1v) is 13.6. The molecule has 0 saturated carbocycles. The monoisotopic (exact) mass is 509 g/mol. The van der Waals surface area contributed by atoms with Gasteiger partial charge in [-0.05, 0) is 71.1 Å². The maximum Gasteiger partial charge on any atom is 0.0554 e. The third kappa shape index (κ3) is 2.86. The lowest BCUT2D eigenvalue weighted by Crippen LogP contribution is -1.95. The third-order valence-electron chi connectivity index (χ3n) is 8.36. The van der Waals surface area contributed by atoms with Crippen LogP contribution in [0.4, 0.5) is 0 Å². The van der Waals surface area contributed by atoms with Crippen LogP contribution in [0.5, 0.6) is 0 Å². The van der Waals surface area contributed by atoms with E-state index >= 15 is 0 Å². The van der Waals surface area contributed by atoms with E-state index in [2.05, 4.69) is 141 Å². The molecule has 3 nitrogen and oxygen atoms in total. The third-order valence-corrected chi connectivity index (χ3v) is 8.36. The zero-order valence-corrected chi connectivity index (χ0v) is 21.6. The zero-order chi connectivity index (χ0) is 26.2. The Kier molecular flexibility index (Phi) is 4.33. The topological polar surface area (TPSA) is 22.2 Å². The molecule has 0 radical (unpaired) electrons. The minimum Gasteiger partial charge on any atom is -0.309 e. The van der Waals surface area contributed by atoms with Crippen molar-refractivity contribution >= 4 is 59.9 Å². The van der Waals surface area contributed by atoms with Crippen LogP contribution in [0.3, 0.4) is 0 Å². The molecule has 9 aromatic rings. The SMILES string of the molecule is c1cc(-c2ccncc2)cc(-n2c3ccccc3c3c4c(ccc32)c2ccccc2n2c3ccccc3cc42)c1. The van der Waals surface area contributed by atoms with E-state index in [0.717, 1.165) is 11.3 Å². The van der Waals surface area contributed by atoms with Gasteiger partial charge in [0.2, 0.25) is 0 Å². The van der Waals surface area contributed by atoms with Gasteiger partial charge < -0.3 is 8.97 Å². The van der Waals surface area contributed by atoms with E-state index in [1.165, 1.54) is 65.5 Å². The molecule has 0 atom stereocenters. The summed E-state index contributed by atoms with van der Waals surface area (Å²) in [6.07, 6.45) is 3.71. The van der Waals surface area contributed by atoms with Crippen molar-refractivity contribution in [3.05, 3.63) is 140 Å². The molecule has 0 fully saturated rings. The lowest BCUT2D eigenvalue weighted by Gasteiger charge is -2.13. The van der Waals surface area contributed by atoms with Gasteiger partial charge in [0.05, 0.1) is 27.6 Å². The number of benzene rings is 5.